The molecule has 0 radical (unpaired) electrons. The minimum atomic E-state index is -0.00506. The molecule has 0 saturated carbocycles. The smallest absolute Gasteiger partial charge is 0.253 e. The Morgan fingerprint density at radius 1 is 1.06 bits per heavy atom. The van der Waals surface area contributed by atoms with Crippen molar-refractivity contribution in [3.8, 4) is 6.07 Å². The van der Waals surface area contributed by atoms with Gasteiger partial charge in [0.15, 0.2) is 11.6 Å². The Morgan fingerprint density at radius 2 is 1.81 bits per heavy atom. The predicted octanol–water partition coefficient (Wildman–Crippen LogP) is 2.93. The molecule has 9 heteroatoms. The number of benzene rings is 2. The van der Waals surface area contributed by atoms with Crippen LogP contribution in [0.2, 0.25) is 5.02 Å². The molecule has 0 unspecified atom stereocenters. The van der Waals surface area contributed by atoms with Gasteiger partial charge >= 0.3 is 0 Å². The second kappa shape index (κ2) is 8.61. The highest BCUT2D eigenvalue weighted by Crippen LogP contribution is 2.28. The van der Waals surface area contributed by atoms with Gasteiger partial charge in [-0.1, -0.05) is 11.6 Å². The van der Waals surface area contributed by atoms with Gasteiger partial charge in [-0.25, -0.2) is 9.97 Å². The molecule has 162 valence electrons. The predicted molar refractivity (Wildman–Crippen MR) is 122 cm³/mol. The van der Waals surface area contributed by atoms with Gasteiger partial charge in [0, 0.05) is 36.8 Å². The number of ether oxygens (including phenoxy) is 1. The molecule has 1 N–H and O–H groups in total. The monoisotopic (exact) mass is 448 g/mol. The first-order valence-electron chi connectivity index (χ1n) is 10.5. The third-order valence-electron chi connectivity index (χ3n) is 5.71. The summed E-state index contributed by atoms with van der Waals surface area (Å²) in [5.74, 6) is 1.43. The maximum atomic E-state index is 12.8. The largest absolute Gasteiger partial charge is 0.377 e. The van der Waals surface area contributed by atoms with Crippen LogP contribution in [0.3, 0.4) is 0 Å². The number of halogens is 1. The van der Waals surface area contributed by atoms with Crippen molar-refractivity contribution in [1.29, 1.82) is 5.26 Å². The molecule has 3 heterocycles. The van der Waals surface area contributed by atoms with Gasteiger partial charge in [0.2, 0.25) is 0 Å². The van der Waals surface area contributed by atoms with Crippen molar-refractivity contribution in [2.75, 3.05) is 49.6 Å². The summed E-state index contributed by atoms with van der Waals surface area (Å²) in [6.07, 6.45) is 0. The lowest BCUT2D eigenvalue weighted by Crippen LogP contribution is -2.49. The van der Waals surface area contributed by atoms with E-state index in [4.69, 9.17) is 26.3 Å². The van der Waals surface area contributed by atoms with Crippen LogP contribution in [0, 0.1) is 11.3 Å². The van der Waals surface area contributed by atoms with E-state index in [1.807, 2.05) is 11.0 Å². The number of carbonyl (C=O) groups excluding carboxylic acids is 1. The highest BCUT2D eigenvalue weighted by Gasteiger charge is 2.27. The highest BCUT2D eigenvalue weighted by molar-refractivity contribution is 6.30. The Morgan fingerprint density at radius 3 is 2.47 bits per heavy atom. The number of amides is 1. The highest BCUT2D eigenvalue weighted by atomic mass is 35.5. The Balaban J connectivity index is 1.38. The summed E-state index contributed by atoms with van der Waals surface area (Å²) in [6.45, 7) is 3.68. The Kier molecular flexibility index (Phi) is 5.52. The average molecular weight is 449 g/mol. The van der Waals surface area contributed by atoms with Gasteiger partial charge in [-0.2, -0.15) is 5.26 Å². The number of piperazine rings is 1. The van der Waals surface area contributed by atoms with Crippen molar-refractivity contribution in [1.82, 2.24) is 14.9 Å². The van der Waals surface area contributed by atoms with Gasteiger partial charge in [0.1, 0.15) is 0 Å². The number of hydrogen-bond acceptors (Lipinski definition) is 7. The first-order valence-corrected chi connectivity index (χ1v) is 10.8. The summed E-state index contributed by atoms with van der Waals surface area (Å²) in [5.41, 5.74) is 2.58. The lowest BCUT2D eigenvalue weighted by molar-refractivity contribution is 0.0209. The van der Waals surface area contributed by atoms with Crippen LogP contribution in [0.4, 0.5) is 11.6 Å². The lowest BCUT2D eigenvalue weighted by atomic mass is 10.1. The SMILES string of the molecule is N#Cc1ccc2nc(NC3COC3)c(N3CCN(C(=O)c4ccc(Cl)cc4)CC3)nc2c1. The van der Waals surface area contributed by atoms with Crippen LogP contribution in [0.25, 0.3) is 11.0 Å². The van der Waals surface area contributed by atoms with E-state index >= 15 is 0 Å². The topological polar surface area (TPSA) is 94.4 Å². The van der Waals surface area contributed by atoms with Crippen LogP contribution in [0.15, 0.2) is 42.5 Å². The summed E-state index contributed by atoms with van der Waals surface area (Å²) in [5, 5.41) is 13.3. The fourth-order valence-corrected chi connectivity index (χ4v) is 3.97. The molecule has 32 heavy (non-hydrogen) atoms. The van der Waals surface area contributed by atoms with E-state index in [0.29, 0.717) is 66.9 Å². The molecule has 0 bridgehead atoms. The van der Waals surface area contributed by atoms with E-state index in [-0.39, 0.29) is 11.9 Å². The number of nitrogens with one attached hydrogen (secondary N) is 1. The lowest BCUT2D eigenvalue weighted by Gasteiger charge is -2.37. The maximum Gasteiger partial charge on any atom is 0.253 e. The third-order valence-corrected chi connectivity index (χ3v) is 5.96. The molecule has 2 aromatic carbocycles. The molecule has 5 rings (SSSR count). The summed E-state index contributed by atoms with van der Waals surface area (Å²) in [6, 6.07) is 14.6. The minimum Gasteiger partial charge on any atom is -0.377 e. The summed E-state index contributed by atoms with van der Waals surface area (Å²) in [7, 11) is 0. The van der Waals surface area contributed by atoms with E-state index in [2.05, 4.69) is 16.3 Å². The van der Waals surface area contributed by atoms with Crippen molar-refractivity contribution >= 4 is 40.2 Å². The Bertz CT molecular complexity index is 1200. The second-order valence-electron chi connectivity index (χ2n) is 7.88. The fourth-order valence-electron chi connectivity index (χ4n) is 3.84. The number of nitrogens with zero attached hydrogens (tertiary/aromatic N) is 5. The molecule has 1 amide bonds. The molecule has 2 saturated heterocycles. The molecule has 0 aliphatic carbocycles. The average Bonchev–Trinajstić information content (AvgIpc) is 2.80. The number of rotatable bonds is 4. The molecule has 2 aliphatic heterocycles. The zero-order valence-electron chi connectivity index (χ0n) is 17.3. The number of nitriles is 1. The van der Waals surface area contributed by atoms with Gasteiger partial charge in [0.25, 0.3) is 5.91 Å². The summed E-state index contributed by atoms with van der Waals surface area (Å²) in [4.78, 5) is 26.4. The van der Waals surface area contributed by atoms with E-state index in [1.165, 1.54) is 0 Å². The summed E-state index contributed by atoms with van der Waals surface area (Å²) >= 11 is 5.94. The molecular formula is C23H21ClN6O2. The molecule has 2 fully saturated rings. The van der Waals surface area contributed by atoms with E-state index in [9.17, 15) is 10.1 Å². The van der Waals surface area contributed by atoms with Crippen molar-refractivity contribution < 1.29 is 9.53 Å². The van der Waals surface area contributed by atoms with Crippen molar-refractivity contribution in [2.45, 2.75) is 6.04 Å². The molecule has 1 aromatic heterocycles. The van der Waals surface area contributed by atoms with Crippen molar-refractivity contribution in [3.63, 3.8) is 0 Å². The standard InChI is InChI=1S/C23H21ClN6O2/c24-17-4-2-16(3-5-17)23(31)30-9-7-29(8-10-30)22-21(26-18-13-32-14-18)27-19-6-1-15(12-25)11-20(19)28-22/h1-6,11,18H,7-10,13-14H2,(H,26,27). The van der Waals surface area contributed by atoms with Crippen LogP contribution < -0.4 is 10.2 Å². The number of hydrogen-bond donors (Lipinski definition) is 1. The van der Waals surface area contributed by atoms with E-state index in [1.54, 1.807) is 36.4 Å². The van der Waals surface area contributed by atoms with Gasteiger partial charge in [0.05, 0.1) is 41.9 Å². The first kappa shape index (κ1) is 20.5. The number of fused-ring (bicyclic) bond motifs is 1. The van der Waals surface area contributed by atoms with Crippen LogP contribution in [-0.4, -0.2) is 66.2 Å². The van der Waals surface area contributed by atoms with Gasteiger partial charge in [-0.15, -0.1) is 0 Å². The van der Waals surface area contributed by atoms with Crippen LogP contribution in [0.1, 0.15) is 15.9 Å². The minimum absolute atomic E-state index is 0.00506. The first-order chi connectivity index (χ1) is 15.6. The van der Waals surface area contributed by atoms with Crippen molar-refractivity contribution in [3.05, 3.63) is 58.6 Å². The van der Waals surface area contributed by atoms with Gasteiger partial charge in [-0.3, -0.25) is 4.79 Å². The van der Waals surface area contributed by atoms with E-state index < -0.39 is 0 Å². The normalized spacial score (nSPS) is 16.5. The maximum absolute atomic E-state index is 12.8. The molecule has 0 atom stereocenters. The molecule has 8 nitrogen and oxygen atoms in total. The summed E-state index contributed by atoms with van der Waals surface area (Å²) < 4.78 is 5.29. The zero-order valence-corrected chi connectivity index (χ0v) is 18.0. The van der Waals surface area contributed by atoms with Crippen LogP contribution in [0.5, 0.6) is 0 Å². The molecule has 3 aromatic rings. The number of aromatic nitrogens is 2. The van der Waals surface area contributed by atoms with Crippen LogP contribution in [-0.2, 0) is 4.74 Å². The van der Waals surface area contributed by atoms with Crippen LogP contribution >= 0.6 is 11.6 Å². The second-order valence-corrected chi connectivity index (χ2v) is 8.31. The quantitative estimate of drug-likeness (QED) is 0.655. The van der Waals surface area contributed by atoms with E-state index in [0.717, 1.165) is 11.3 Å². The third kappa shape index (κ3) is 4.05. The number of anilines is 2. The number of carbonyl (C=O) groups is 1. The Labute approximate surface area is 190 Å². The molecule has 0 spiro atoms. The van der Waals surface area contributed by atoms with Gasteiger partial charge < -0.3 is 19.9 Å². The molecule has 2 aliphatic rings. The van der Waals surface area contributed by atoms with Crippen molar-refractivity contribution in [2.24, 2.45) is 0 Å². The van der Waals surface area contributed by atoms with Gasteiger partial charge in [-0.05, 0) is 42.5 Å². The molecular weight excluding hydrogens is 428 g/mol. The zero-order chi connectivity index (χ0) is 22.1. The fraction of sp³-hybridized carbons (Fsp3) is 0.304. The Hall–Kier alpha value is -3.41.